The van der Waals surface area contributed by atoms with E-state index < -0.39 is 58.0 Å². The standard InChI is InChI=1S/C13H18FN3O7S2/c14-6-3-5(26(15,22)23)1-2-7(6)16-13(25)17-9-11(20)10(19)8(4-18)24-12(9)21/h1-3,8-12,18-21H,4H2,(H2,15,22,23)(H2,16,17,25)/t8-,9-,10+,11-,12?/m1/s1. The number of halogens is 1. The second-order valence-electron chi connectivity index (χ2n) is 5.54. The Bertz CT molecular complexity index is 779. The van der Waals surface area contributed by atoms with Gasteiger partial charge in [0.05, 0.1) is 17.2 Å². The minimum Gasteiger partial charge on any atom is -0.394 e. The molecule has 0 radical (unpaired) electrons. The summed E-state index contributed by atoms with van der Waals surface area (Å²) < 4.78 is 41.3. The van der Waals surface area contributed by atoms with E-state index in [1.807, 2.05) is 0 Å². The maximum absolute atomic E-state index is 14.0. The monoisotopic (exact) mass is 411 g/mol. The Morgan fingerprint density at radius 3 is 2.50 bits per heavy atom. The summed E-state index contributed by atoms with van der Waals surface area (Å²) in [5, 5.41) is 48.2. The van der Waals surface area contributed by atoms with Crippen LogP contribution in [-0.4, -0.2) is 71.2 Å². The lowest BCUT2D eigenvalue weighted by atomic mass is 9.97. The molecule has 0 bridgehead atoms. The molecule has 8 N–H and O–H groups in total. The summed E-state index contributed by atoms with van der Waals surface area (Å²) in [5.74, 6) is -0.956. The maximum Gasteiger partial charge on any atom is 0.238 e. The molecule has 0 amide bonds. The fourth-order valence-corrected chi connectivity index (χ4v) is 3.11. The van der Waals surface area contributed by atoms with Gasteiger partial charge in [0.15, 0.2) is 11.4 Å². The van der Waals surface area contributed by atoms with Gasteiger partial charge in [-0.15, -0.1) is 0 Å². The van der Waals surface area contributed by atoms with Crippen LogP contribution in [0.2, 0.25) is 0 Å². The molecule has 1 fully saturated rings. The van der Waals surface area contributed by atoms with Gasteiger partial charge in [-0.3, -0.25) is 0 Å². The first kappa shape index (κ1) is 20.9. The number of aliphatic hydroxyl groups excluding tert-OH is 4. The van der Waals surface area contributed by atoms with E-state index in [2.05, 4.69) is 10.6 Å². The predicted molar refractivity (Wildman–Crippen MR) is 90.9 cm³/mol. The second kappa shape index (κ2) is 8.06. The Balaban J connectivity index is 2.07. The Hall–Kier alpha value is -1.45. The van der Waals surface area contributed by atoms with Crippen LogP contribution in [0.25, 0.3) is 0 Å². The third-order valence-electron chi connectivity index (χ3n) is 3.72. The zero-order valence-corrected chi connectivity index (χ0v) is 14.7. The first-order valence-corrected chi connectivity index (χ1v) is 9.20. The molecule has 13 heteroatoms. The number of primary sulfonamides is 1. The molecule has 0 spiro atoms. The molecule has 0 saturated carbocycles. The Labute approximate surface area is 153 Å². The molecule has 5 atom stereocenters. The largest absolute Gasteiger partial charge is 0.394 e. The Morgan fingerprint density at radius 2 is 1.96 bits per heavy atom. The highest BCUT2D eigenvalue weighted by Gasteiger charge is 2.43. The molecule has 10 nitrogen and oxygen atoms in total. The van der Waals surface area contributed by atoms with Gasteiger partial charge >= 0.3 is 0 Å². The van der Waals surface area contributed by atoms with E-state index in [1.165, 1.54) is 0 Å². The van der Waals surface area contributed by atoms with Crippen LogP contribution in [-0.2, 0) is 14.8 Å². The van der Waals surface area contributed by atoms with E-state index in [4.69, 9.17) is 27.2 Å². The molecular weight excluding hydrogens is 393 g/mol. The predicted octanol–water partition coefficient (Wildman–Crippen LogP) is -2.44. The highest BCUT2D eigenvalue weighted by atomic mass is 32.2. The van der Waals surface area contributed by atoms with E-state index in [0.717, 1.165) is 12.1 Å². The minimum absolute atomic E-state index is 0.190. The van der Waals surface area contributed by atoms with E-state index in [9.17, 15) is 28.1 Å². The Morgan fingerprint density at radius 1 is 1.31 bits per heavy atom. The number of rotatable bonds is 4. The van der Waals surface area contributed by atoms with Crippen LogP contribution < -0.4 is 15.8 Å². The molecule has 1 aromatic carbocycles. The number of benzene rings is 1. The van der Waals surface area contributed by atoms with Gasteiger partial charge in [-0.1, -0.05) is 0 Å². The number of thiocarbonyl (C=S) groups is 1. The van der Waals surface area contributed by atoms with Gasteiger partial charge in [0.25, 0.3) is 0 Å². The van der Waals surface area contributed by atoms with Crippen LogP contribution in [0.3, 0.4) is 0 Å². The average molecular weight is 411 g/mol. The Kier molecular flexibility index (Phi) is 6.46. The van der Waals surface area contributed by atoms with Crippen molar-refractivity contribution in [2.75, 3.05) is 11.9 Å². The van der Waals surface area contributed by atoms with Crippen LogP contribution in [0, 0.1) is 5.82 Å². The number of sulfonamides is 1. The fraction of sp³-hybridized carbons (Fsp3) is 0.462. The molecule has 1 aliphatic heterocycles. The zero-order valence-electron chi connectivity index (χ0n) is 13.1. The lowest BCUT2D eigenvalue weighted by molar-refractivity contribution is -0.251. The number of hydrogen-bond acceptors (Lipinski definition) is 8. The highest BCUT2D eigenvalue weighted by Crippen LogP contribution is 2.21. The van der Waals surface area contributed by atoms with Gasteiger partial charge in [-0.2, -0.15) is 0 Å². The minimum atomic E-state index is -4.07. The molecule has 0 aliphatic carbocycles. The van der Waals surface area contributed by atoms with Crippen LogP contribution in [0.4, 0.5) is 10.1 Å². The molecule has 1 unspecified atom stereocenters. The first-order chi connectivity index (χ1) is 12.0. The van der Waals surface area contributed by atoms with E-state index in [0.29, 0.717) is 6.07 Å². The second-order valence-corrected chi connectivity index (χ2v) is 7.51. The van der Waals surface area contributed by atoms with Gasteiger partial charge in [0, 0.05) is 0 Å². The highest BCUT2D eigenvalue weighted by molar-refractivity contribution is 7.89. The number of aliphatic hydroxyl groups is 4. The van der Waals surface area contributed by atoms with Crippen LogP contribution >= 0.6 is 12.2 Å². The summed E-state index contributed by atoms with van der Waals surface area (Å²) in [5.41, 5.74) is -0.190. The lowest BCUT2D eigenvalue weighted by Gasteiger charge is -2.40. The van der Waals surface area contributed by atoms with E-state index >= 15 is 0 Å². The van der Waals surface area contributed by atoms with Gasteiger partial charge in [0.1, 0.15) is 30.2 Å². The molecule has 2 rings (SSSR count). The van der Waals surface area contributed by atoms with Crippen molar-refractivity contribution in [3.63, 3.8) is 0 Å². The zero-order chi connectivity index (χ0) is 19.6. The summed E-state index contributed by atoms with van der Waals surface area (Å²) in [7, 11) is -4.07. The summed E-state index contributed by atoms with van der Waals surface area (Å²) in [6.45, 7) is -0.619. The van der Waals surface area contributed by atoms with Crippen LogP contribution in [0.5, 0.6) is 0 Å². The molecule has 1 saturated heterocycles. The fourth-order valence-electron chi connectivity index (χ4n) is 2.34. The summed E-state index contributed by atoms with van der Waals surface area (Å²) in [6, 6.07) is 1.58. The van der Waals surface area contributed by atoms with Crippen molar-refractivity contribution < 1.29 is 38.0 Å². The van der Waals surface area contributed by atoms with Crippen molar-refractivity contribution >= 4 is 33.0 Å². The molecule has 146 valence electrons. The van der Waals surface area contributed by atoms with Crippen molar-refractivity contribution in [1.29, 1.82) is 0 Å². The summed E-state index contributed by atoms with van der Waals surface area (Å²) >= 11 is 4.94. The van der Waals surface area contributed by atoms with Crippen molar-refractivity contribution in [3.8, 4) is 0 Å². The van der Waals surface area contributed by atoms with Crippen molar-refractivity contribution in [3.05, 3.63) is 24.0 Å². The third kappa shape index (κ3) is 4.63. The van der Waals surface area contributed by atoms with Crippen LogP contribution in [0.15, 0.2) is 23.1 Å². The topological polar surface area (TPSA) is 174 Å². The molecular formula is C13H18FN3O7S2. The normalized spacial score (nSPS) is 29.2. The molecule has 0 aromatic heterocycles. The number of anilines is 1. The smallest absolute Gasteiger partial charge is 0.238 e. The van der Waals surface area contributed by atoms with Gasteiger partial charge in [-0.05, 0) is 30.4 Å². The SMILES string of the molecule is NS(=O)(=O)c1ccc(NC(=S)N[C@H]2C(O)O[C@H](CO)[C@H](O)[C@@H]2O)c(F)c1. The first-order valence-electron chi connectivity index (χ1n) is 7.25. The average Bonchev–Trinajstić information content (AvgIpc) is 2.55. The quantitative estimate of drug-likeness (QED) is 0.264. The maximum atomic E-state index is 14.0. The number of nitrogens with two attached hydrogens (primary N) is 1. The van der Waals surface area contributed by atoms with E-state index in [1.54, 1.807) is 0 Å². The van der Waals surface area contributed by atoms with E-state index in [-0.39, 0.29) is 10.8 Å². The van der Waals surface area contributed by atoms with Crippen LogP contribution in [0.1, 0.15) is 0 Å². The molecule has 1 aliphatic rings. The third-order valence-corrected chi connectivity index (χ3v) is 4.85. The van der Waals surface area contributed by atoms with Crippen molar-refractivity contribution in [2.24, 2.45) is 5.14 Å². The van der Waals surface area contributed by atoms with Crippen molar-refractivity contribution in [2.45, 2.75) is 35.5 Å². The van der Waals surface area contributed by atoms with Crippen molar-refractivity contribution in [1.82, 2.24) is 5.32 Å². The molecule has 1 aromatic rings. The summed E-state index contributed by atoms with van der Waals surface area (Å²) in [4.78, 5) is -0.427. The van der Waals surface area contributed by atoms with Gasteiger partial charge < -0.3 is 35.8 Å². The molecule has 26 heavy (non-hydrogen) atoms. The number of nitrogens with one attached hydrogen (secondary N) is 2. The van der Waals surface area contributed by atoms with Gasteiger partial charge in [-0.25, -0.2) is 17.9 Å². The summed E-state index contributed by atoms with van der Waals surface area (Å²) in [6.07, 6.45) is -5.82. The van der Waals surface area contributed by atoms with Gasteiger partial charge in [0.2, 0.25) is 10.0 Å². The number of ether oxygens (including phenoxy) is 1. The molecule has 1 heterocycles. The number of hydrogen-bond donors (Lipinski definition) is 7. The lowest BCUT2D eigenvalue weighted by Crippen LogP contribution is -2.64.